The van der Waals surface area contributed by atoms with Gasteiger partial charge in [0, 0.05) is 29.8 Å². The Kier molecular flexibility index (Phi) is 3.62. The summed E-state index contributed by atoms with van der Waals surface area (Å²) in [4.78, 5) is 19.4. The molecule has 0 aliphatic rings. The Balaban J connectivity index is 2.41. The van der Waals surface area contributed by atoms with Crippen LogP contribution in [-0.4, -0.2) is 16.3 Å². The van der Waals surface area contributed by atoms with Crippen molar-refractivity contribution in [3.63, 3.8) is 0 Å². The molecule has 0 atom stereocenters. The third-order valence-electron chi connectivity index (χ3n) is 3.19. The molecule has 0 aliphatic heterocycles. The van der Waals surface area contributed by atoms with Gasteiger partial charge in [0.1, 0.15) is 12.1 Å². The average molecular weight is 301 g/mol. The number of benzene rings is 1. The van der Waals surface area contributed by atoms with Gasteiger partial charge >= 0.3 is 0 Å². The van der Waals surface area contributed by atoms with Gasteiger partial charge < -0.3 is 4.79 Å². The van der Waals surface area contributed by atoms with Gasteiger partial charge in [-0.15, -0.1) is 0 Å². The molecule has 0 radical (unpaired) electrons. The zero-order valence-electron chi connectivity index (χ0n) is 10.9. The average Bonchev–Trinajstić information content (AvgIpc) is 2.48. The molecule has 21 heavy (non-hydrogen) atoms. The fourth-order valence-corrected chi connectivity index (χ4v) is 2.58. The number of halogens is 2. The molecule has 1 aromatic carbocycles. The van der Waals surface area contributed by atoms with Gasteiger partial charge in [0.25, 0.3) is 0 Å². The molecule has 2 aromatic heterocycles. The number of nitrogens with zero attached hydrogens (tertiary/aromatic N) is 2. The summed E-state index contributed by atoms with van der Waals surface area (Å²) in [7, 11) is 0. The monoisotopic (exact) mass is 300 g/mol. The Morgan fingerprint density at radius 2 is 2.10 bits per heavy atom. The fourth-order valence-electron chi connectivity index (χ4n) is 2.33. The Labute approximate surface area is 125 Å². The Morgan fingerprint density at radius 3 is 2.81 bits per heavy atom. The van der Waals surface area contributed by atoms with Gasteiger partial charge in [0.2, 0.25) is 0 Å². The lowest BCUT2D eigenvalue weighted by molar-refractivity contribution is -0.107. The first-order valence-electron chi connectivity index (χ1n) is 6.32. The van der Waals surface area contributed by atoms with Gasteiger partial charge in [0.15, 0.2) is 0 Å². The zero-order chi connectivity index (χ0) is 14.8. The highest BCUT2D eigenvalue weighted by Crippen LogP contribution is 2.33. The van der Waals surface area contributed by atoms with Crippen LogP contribution in [0, 0.1) is 5.82 Å². The molecular weight excluding hydrogens is 291 g/mol. The van der Waals surface area contributed by atoms with Crippen LogP contribution in [0.5, 0.6) is 0 Å². The second kappa shape index (κ2) is 5.58. The number of aromatic nitrogens is 2. The van der Waals surface area contributed by atoms with Crippen molar-refractivity contribution in [1.82, 2.24) is 9.97 Å². The molecule has 0 bridgehead atoms. The lowest BCUT2D eigenvalue weighted by Crippen LogP contribution is -1.97. The molecule has 104 valence electrons. The molecular formula is C16H10ClFN2O. The van der Waals surface area contributed by atoms with Crippen molar-refractivity contribution in [2.24, 2.45) is 0 Å². The molecule has 0 fully saturated rings. The van der Waals surface area contributed by atoms with E-state index < -0.39 is 5.82 Å². The normalized spacial score (nSPS) is 10.8. The topological polar surface area (TPSA) is 42.9 Å². The van der Waals surface area contributed by atoms with Gasteiger partial charge in [-0.2, -0.15) is 0 Å². The number of rotatable bonds is 3. The van der Waals surface area contributed by atoms with E-state index >= 15 is 0 Å². The van der Waals surface area contributed by atoms with E-state index in [0.29, 0.717) is 27.7 Å². The number of hydrogen-bond donors (Lipinski definition) is 0. The first kappa shape index (κ1) is 13.6. The first-order chi connectivity index (χ1) is 10.2. The van der Waals surface area contributed by atoms with Gasteiger partial charge in [-0.05, 0) is 29.8 Å². The van der Waals surface area contributed by atoms with E-state index in [4.69, 9.17) is 11.6 Å². The Bertz CT molecular complexity index is 821. The number of carbonyl (C=O) groups is 1. The van der Waals surface area contributed by atoms with Gasteiger partial charge in [-0.25, -0.2) is 4.39 Å². The minimum Gasteiger partial charge on any atom is -0.303 e. The Morgan fingerprint density at radius 1 is 1.24 bits per heavy atom. The molecule has 5 heteroatoms. The second-order valence-electron chi connectivity index (χ2n) is 4.53. The van der Waals surface area contributed by atoms with Crippen molar-refractivity contribution in [1.29, 1.82) is 0 Å². The number of pyridine rings is 2. The zero-order valence-corrected chi connectivity index (χ0v) is 11.6. The highest BCUT2D eigenvalue weighted by Gasteiger charge is 2.14. The summed E-state index contributed by atoms with van der Waals surface area (Å²) in [6.45, 7) is 0. The fraction of sp³-hybridized carbons (Fsp3) is 0.0625. The quantitative estimate of drug-likeness (QED) is 0.690. The van der Waals surface area contributed by atoms with Gasteiger partial charge in [0.05, 0.1) is 16.2 Å². The number of hydrogen-bond acceptors (Lipinski definition) is 3. The summed E-state index contributed by atoms with van der Waals surface area (Å²) < 4.78 is 13.7. The van der Waals surface area contributed by atoms with Crippen LogP contribution in [0.4, 0.5) is 4.39 Å². The molecule has 3 nitrogen and oxygen atoms in total. The summed E-state index contributed by atoms with van der Waals surface area (Å²) in [6, 6.07) is 8.02. The molecule has 2 heterocycles. The molecule has 3 aromatic rings. The molecule has 3 rings (SSSR count). The lowest BCUT2D eigenvalue weighted by atomic mass is 9.98. The third kappa shape index (κ3) is 2.50. The van der Waals surface area contributed by atoms with Crippen LogP contribution in [-0.2, 0) is 11.2 Å². The van der Waals surface area contributed by atoms with Crippen molar-refractivity contribution in [3.8, 4) is 11.3 Å². The Hall–Kier alpha value is -2.33. The van der Waals surface area contributed by atoms with Crippen molar-refractivity contribution in [2.45, 2.75) is 6.42 Å². The lowest BCUT2D eigenvalue weighted by Gasteiger charge is -2.11. The standard InChI is InChI=1S/C16H10ClFN2O/c17-13-8-11(18)7-12-15(14-3-1-2-5-19-14)10(4-6-21)9-20-16(12)13/h1-3,5-9H,4H2. The highest BCUT2D eigenvalue weighted by atomic mass is 35.5. The predicted octanol–water partition coefficient (Wildman–Crippen LogP) is 3.83. The van der Waals surface area contributed by atoms with E-state index in [-0.39, 0.29) is 11.4 Å². The number of fused-ring (bicyclic) bond motifs is 1. The molecule has 0 amide bonds. The summed E-state index contributed by atoms with van der Waals surface area (Å²) >= 11 is 6.06. The minimum absolute atomic E-state index is 0.184. The summed E-state index contributed by atoms with van der Waals surface area (Å²) in [5.74, 6) is -0.449. The van der Waals surface area contributed by atoms with Crippen LogP contribution in [0.15, 0.2) is 42.7 Å². The maximum absolute atomic E-state index is 13.7. The SMILES string of the molecule is O=CCc1cnc2c(Cl)cc(F)cc2c1-c1ccccn1. The van der Waals surface area contributed by atoms with Gasteiger partial charge in [-0.1, -0.05) is 17.7 Å². The highest BCUT2D eigenvalue weighted by molar-refractivity contribution is 6.35. The smallest absolute Gasteiger partial charge is 0.125 e. The summed E-state index contributed by atoms with van der Waals surface area (Å²) in [5.41, 5.74) is 2.53. The number of carbonyl (C=O) groups excluding carboxylic acids is 1. The maximum atomic E-state index is 13.7. The van der Waals surface area contributed by atoms with Crippen molar-refractivity contribution >= 4 is 28.8 Å². The van der Waals surface area contributed by atoms with Crippen LogP contribution < -0.4 is 0 Å². The molecule has 0 saturated carbocycles. The van der Waals surface area contributed by atoms with Crippen LogP contribution in [0.25, 0.3) is 22.2 Å². The maximum Gasteiger partial charge on any atom is 0.125 e. The van der Waals surface area contributed by atoms with E-state index in [0.717, 1.165) is 6.29 Å². The predicted molar refractivity (Wildman–Crippen MR) is 79.7 cm³/mol. The van der Waals surface area contributed by atoms with E-state index in [1.54, 1.807) is 18.5 Å². The van der Waals surface area contributed by atoms with Gasteiger partial charge in [-0.3, -0.25) is 9.97 Å². The summed E-state index contributed by atoms with van der Waals surface area (Å²) in [5, 5.41) is 0.790. The van der Waals surface area contributed by atoms with Crippen LogP contribution in [0.2, 0.25) is 5.02 Å². The molecule has 0 N–H and O–H groups in total. The van der Waals surface area contributed by atoms with Crippen molar-refractivity contribution < 1.29 is 9.18 Å². The summed E-state index contributed by atoms with van der Waals surface area (Å²) in [6.07, 6.45) is 4.21. The third-order valence-corrected chi connectivity index (χ3v) is 3.48. The van der Waals surface area contributed by atoms with Crippen LogP contribution >= 0.6 is 11.6 Å². The first-order valence-corrected chi connectivity index (χ1v) is 6.70. The largest absolute Gasteiger partial charge is 0.303 e. The van der Waals surface area contributed by atoms with E-state index in [1.807, 2.05) is 12.1 Å². The van der Waals surface area contributed by atoms with E-state index in [1.165, 1.54) is 12.1 Å². The van der Waals surface area contributed by atoms with Crippen molar-refractivity contribution in [2.75, 3.05) is 0 Å². The second-order valence-corrected chi connectivity index (χ2v) is 4.94. The molecule has 0 unspecified atom stereocenters. The minimum atomic E-state index is -0.449. The van der Waals surface area contributed by atoms with Crippen LogP contribution in [0.1, 0.15) is 5.56 Å². The van der Waals surface area contributed by atoms with E-state index in [2.05, 4.69) is 9.97 Å². The number of aldehydes is 1. The van der Waals surface area contributed by atoms with E-state index in [9.17, 15) is 9.18 Å². The molecule has 0 spiro atoms. The van der Waals surface area contributed by atoms with Crippen molar-refractivity contribution in [3.05, 3.63) is 59.1 Å². The molecule has 0 saturated heterocycles. The molecule has 0 aliphatic carbocycles. The van der Waals surface area contributed by atoms with Crippen LogP contribution in [0.3, 0.4) is 0 Å².